The maximum atomic E-state index is 11.2. The predicted octanol–water partition coefficient (Wildman–Crippen LogP) is 1.02. The Bertz CT molecular complexity index is 203. The molecule has 0 heterocycles. The number of hydrogen-bond donors (Lipinski definition) is 1. The van der Waals surface area contributed by atoms with Gasteiger partial charge in [-0.25, -0.2) is 0 Å². The van der Waals surface area contributed by atoms with Gasteiger partial charge in [-0.3, -0.25) is 9.69 Å². The lowest BCUT2D eigenvalue weighted by Crippen LogP contribution is -2.42. The molecule has 0 bridgehead atoms. The molecular formula is C10H20BrNO3. The minimum Gasteiger partial charge on any atom is -0.468 e. The van der Waals surface area contributed by atoms with Gasteiger partial charge >= 0.3 is 5.97 Å². The summed E-state index contributed by atoms with van der Waals surface area (Å²) in [5, 5.41) is 9.65. The molecule has 0 radical (unpaired) electrons. The van der Waals surface area contributed by atoms with Crippen molar-refractivity contribution in [2.75, 3.05) is 26.7 Å². The monoisotopic (exact) mass is 281 g/mol. The van der Waals surface area contributed by atoms with E-state index in [2.05, 4.69) is 20.7 Å². The van der Waals surface area contributed by atoms with E-state index in [0.29, 0.717) is 13.1 Å². The third-order valence-corrected chi connectivity index (χ3v) is 2.60. The second-order valence-electron chi connectivity index (χ2n) is 4.13. The number of methoxy groups -OCH3 is 1. The molecule has 1 atom stereocenters. The molecule has 0 aliphatic heterocycles. The largest absolute Gasteiger partial charge is 0.468 e. The lowest BCUT2D eigenvalue weighted by Gasteiger charge is -2.28. The number of alkyl halides is 1. The average molecular weight is 282 g/mol. The van der Waals surface area contributed by atoms with Crippen molar-refractivity contribution >= 4 is 21.9 Å². The summed E-state index contributed by atoms with van der Waals surface area (Å²) >= 11 is 3.25. The Hall–Kier alpha value is -0.130. The van der Waals surface area contributed by atoms with Crippen LogP contribution in [0.5, 0.6) is 0 Å². The quantitative estimate of drug-likeness (QED) is 0.583. The Labute approximate surface area is 99.7 Å². The van der Waals surface area contributed by atoms with Crippen molar-refractivity contribution < 1.29 is 14.6 Å². The number of halogens is 1. The van der Waals surface area contributed by atoms with Crippen molar-refractivity contribution in [3.8, 4) is 0 Å². The number of carbonyl (C=O) groups excluding carboxylic acids is 1. The zero-order valence-electron chi connectivity index (χ0n) is 9.79. The predicted molar refractivity (Wildman–Crippen MR) is 63.1 cm³/mol. The van der Waals surface area contributed by atoms with E-state index in [1.165, 1.54) is 7.11 Å². The Balaban J connectivity index is 4.15. The van der Waals surface area contributed by atoms with E-state index < -0.39 is 5.60 Å². The van der Waals surface area contributed by atoms with Gasteiger partial charge in [0.1, 0.15) is 4.83 Å². The molecule has 0 fully saturated rings. The van der Waals surface area contributed by atoms with Crippen molar-refractivity contribution in [3.05, 3.63) is 0 Å². The number of carbonyl (C=O) groups is 1. The average Bonchev–Trinajstić information content (AvgIpc) is 2.13. The van der Waals surface area contributed by atoms with Gasteiger partial charge in [-0.2, -0.15) is 0 Å². The number of esters is 1. The normalized spacial score (nSPS) is 14.1. The Morgan fingerprint density at radius 1 is 1.60 bits per heavy atom. The summed E-state index contributed by atoms with van der Waals surface area (Å²) in [5.74, 6) is -0.288. The minimum atomic E-state index is -0.751. The number of likely N-dealkylation sites (N-methyl/N-ethyl adjacent to an activating group) is 1. The third-order valence-electron chi connectivity index (χ3n) is 1.93. The SMILES string of the molecule is CCN(CC(Br)C(=O)OC)CC(C)(C)O. The minimum absolute atomic E-state index is 0.288. The summed E-state index contributed by atoms with van der Waals surface area (Å²) in [6.45, 7) is 7.33. The van der Waals surface area contributed by atoms with Crippen LogP contribution in [0, 0.1) is 0 Å². The standard InChI is InChI=1S/C10H20BrNO3/c1-5-12(7-10(2,3)14)6-8(11)9(13)15-4/h8,14H,5-7H2,1-4H3. The van der Waals surface area contributed by atoms with Gasteiger partial charge in [0.2, 0.25) is 0 Å². The molecular weight excluding hydrogens is 262 g/mol. The van der Waals surface area contributed by atoms with Gasteiger partial charge in [0.25, 0.3) is 0 Å². The smallest absolute Gasteiger partial charge is 0.320 e. The molecule has 1 N–H and O–H groups in total. The van der Waals surface area contributed by atoms with Gasteiger partial charge in [0, 0.05) is 13.1 Å². The molecule has 0 amide bonds. The second kappa shape index (κ2) is 6.45. The first-order valence-electron chi connectivity index (χ1n) is 4.96. The molecule has 15 heavy (non-hydrogen) atoms. The highest BCUT2D eigenvalue weighted by Crippen LogP contribution is 2.09. The van der Waals surface area contributed by atoms with Crippen LogP contribution in [0.3, 0.4) is 0 Å². The maximum absolute atomic E-state index is 11.2. The number of aliphatic hydroxyl groups is 1. The summed E-state index contributed by atoms with van der Waals surface area (Å²) in [6, 6.07) is 0. The van der Waals surface area contributed by atoms with Gasteiger partial charge in [-0.1, -0.05) is 22.9 Å². The summed E-state index contributed by atoms with van der Waals surface area (Å²) in [5.41, 5.74) is -0.751. The molecule has 4 nitrogen and oxygen atoms in total. The van der Waals surface area contributed by atoms with Crippen LogP contribution in [0.2, 0.25) is 0 Å². The molecule has 0 aromatic heterocycles. The van der Waals surface area contributed by atoms with E-state index in [4.69, 9.17) is 0 Å². The summed E-state index contributed by atoms with van der Waals surface area (Å²) in [6.07, 6.45) is 0. The molecule has 0 aliphatic carbocycles. The molecule has 0 aliphatic rings. The Morgan fingerprint density at radius 3 is 2.47 bits per heavy atom. The molecule has 0 aromatic rings. The zero-order chi connectivity index (χ0) is 12.1. The van der Waals surface area contributed by atoms with Gasteiger partial charge in [-0.05, 0) is 20.4 Å². The zero-order valence-corrected chi connectivity index (χ0v) is 11.4. The number of rotatable bonds is 6. The topological polar surface area (TPSA) is 49.8 Å². The first kappa shape index (κ1) is 14.9. The fraction of sp³-hybridized carbons (Fsp3) is 0.900. The highest BCUT2D eigenvalue weighted by atomic mass is 79.9. The van der Waals surface area contributed by atoms with E-state index in [1.807, 2.05) is 11.8 Å². The molecule has 0 saturated carbocycles. The van der Waals surface area contributed by atoms with E-state index in [1.54, 1.807) is 13.8 Å². The van der Waals surface area contributed by atoms with E-state index in [-0.39, 0.29) is 10.8 Å². The van der Waals surface area contributed by atoms with Crippen molar-refractivity contribution in [3.63, 3.8) is 0 Å². The number of ether oxygens (including phenoxy) is 1. The molecule has 90 valence electrons. The number of nitrogens with zero attached hydrogens (tertiary/aromatic N) is 1. The van der Waals surface area contributed by atoms with Crippen LogP contribution in [0.4, 0.5) is 0 Å². The Kier molecular flexibility index (Phi) is 6.40. The molecule has 5 heteroatoms. The first-order chi connectivity index (χ1) is 6.80. The van der Waals surface area contributed by atoms with Crippen LogP contribution in [0.1, 0.15) is 20.8 Å². The summed E-state index contributed by atoms with van der Waals surface area (Å²) in [7, 11) is 1.36. The van der Waals surface area contributed by atoms with Crippen LogP contribution >= 0.6 is 15.9 Å². The van der Waals surface area contributed by atoms with Crippen molar-refractivity contribution in [2.24, 2.45) is 0 Å². The van der Waals surface area contributed by atoms with E-state index in [9.17, 15) is 9.90 Å². The number of hydrogen-bond acceptors (Lipinski definition) is 4. The molecule has 0 rings (SSSR count). The van der Waals surface area contributed by atoms with Gasteiger partial charge in [0.15, 0.2) is 0 Å². The van der Waals surface area contributed by atoms with Crippen LogP contribution in [0.15, 0.2) is 0 Å². The lowest BCUT2D eigenvalue weighted by atomic mass is 10.1. The van der Waals surface area contributed by atoms with Crippen molar-refractivity contribution in [1.29, 1.82) is 0 Å². The molecule has 0 spiro atoms. The molecule has 0 aromatic carbocycles. The third kappa shape index (κ3) is 6.87. The summed E-state index contributed by atoms with van der Waals surface area (Å²) < 4.78 is 4.61. The van der Waals surface area contributed by atoms with E-state index >= 15 is 0 Å². The van der Waals surface area contributed by atoms with Crippen molar-refractivity contribution in [2.45, 2.75) is 31.2 Å². The fourth-order valence-corrected chi connectivity index (χ4v) is 1.88. The van der Waals surface area contributed by atoms with Crippen molar-refractivity contribution in [1.82, 2.24) is 4.90 Å². The lowest BCUT2D eigenvalue weighted by molar-refractivity contribution is -0.140. The van der Waals surface area contributed by atoms with Crippen LogP contribution < -0.4 is 0 Å². The van der Waals surface area contributed by atoms with Gasteiger partial charge in [0.05, 0.1) is 12.7 Å². The maximum Gasteiger partial charge on any atom is 0.320 e. The second-order valence-corrected chi connectivity index (χ2v) is 5.24. The van der Waals surface area contributed by atoms with Gasteiger partial charge in [-0.15, -0.1) is 0 Å². The van der Waals surface area contributed by atoms with Crippen LogP contribution in [0.25, 0.3) is 0 Å². The highest BCUT2D eigenvalue weighted by molar-refractivity contribution is 9.10. The molecule has 0 saturated heterocycles. The highest BCUT2D eigenvalue weighted by Gasteiger charge is 2.22. The summed E-state index contributed by atoms with van der Waals surface area (Å²) in [4.78, 5) is 12.8. The fourth-order valence-electron chi connectivity index (χ4n) is 1.28. The molecule has 1 unspecified atom stereocenters. The van der Waals surface area contributed by atoms with Gasteiger partial charge < -0.3 is 9.84 Å². The Morgan fingerprint density at radius 2 is 2.13 bits per heavy atom. The first-order valence-corrected chi connectivity index (χ1v) is 5.88. The van der Waals surface area contributed by atoms with E-state index in [0.717, 1.165) is 6.54 Å². The van der Waals surface area contributed by atoms with Crippen LogP contribution in [-0.2, 0) is 9.53 Å². The van der Waals surface area contributed by atoms with Crippen LogP contribution in [-0.4, -0.2) is 53.1 Å².